The number of benzene rings is 1. The zero-order valence-corrected chi connectivity index (χ0v) is 10.8. The fraction of sp³-hybridized carbons (Fsp3) is 0.429. The van der Waals surface area contributed by atoms with Crippen molar-refractivity contribution >= 4 is 11.7 Å². The first-order valence-corrected chi connectivity index (χ1v) is 5.68. The lowest BCUT2D eigenvalue weighted by atomic mass is 9.84. The van der Waals surface area contributed by atoms with Crippen molar-refractivity contribution in [3.63, 3.8) is 0 Å². The zero-order chi connectivity index (χ0) is 13.1. The van der Waals surface area contributed by atoms with Gasteiger partial charge in [-0.15, -0.1) is 0 Å². The summed E-state index contributed by atoms with van der Waals surface area (Å²) in [6.45, 7) is 6.99. The van der Waals surface area contributed by atoms with E-state index in [1.54, 1.807) is 0 Å². The second-order valence-corrected chi connectivity index (χ2v) is 5.16. The van der Waals surface area contributed by atoms with Gasteiger partial charge in [-0.2, -0.15) is 0 Å². The highest BCUT2D eigenvalue weighted by atomic mass is 16.2. The minimum Gasteiger partial charge on any atom is -0.342 e. The molecule has 92 valence electrons. The first kappa shape index (κ1) is 13.4. The molecule has 1 atom stereocenters. The average Bonchev–Trinajstić information content (AvgIpc) is 2.24. The minimum atomic E-state index is -0.561. The normalized spacial score (nSPS) is 12.9. The summed E-state index contributed by atoms with van der Waals surface area (Å²) in [7, 11) is 0. The first-order valence-electron chi connectivity index (χ1n) is 5.68. The van der Waals surface area contributed by atoms with Crippen LogP contribution in [0.4, 0.5) is 0 Å². The highest BCUT2D eigenvalue weighted by molar-refractivity contribution is 5.92. The van der Waals surface area contributed by atoms with Crippen molar-refractivity contribution in [3.8, 4) is 0 Å². The van der Waals surface area contributed by atoms with Crippen LogP contribution in [-0.2, 0) is 9.59 Å². The number of Topliss-reactive ketones (excluding diaryl/α,β-unsaturated/α-hetero) is 1. The van der Waals surface area contributed by atoms with Gasteiger partial charge in [0.15, 0.2) is 5.78 Å². The van der Waals surface area contributed by atoms with Gasteiger partial charge in [-0.3, -0.25) is 9.59 Å². The van der Waals surface area contributed by atoms with E-state index in [0.717, 1.165) is 5.56 Å². The van der Waals surface area contributed by atoms with E-state index in [-0.39, 0.29) is 11.7 Å². The van der Waals surface area contributed by atoms with E-state index < -0.39 is 11.5 Å². The molecule has 1 unspecified atom stereocenters. The third kappa shape index (κ3) is 3.70. The van der Waals surface area contributed by atoms with Crippen LogP contribution in [0, 0.1) is 5.41 Å². The van der Waals surface area contributed by atoms with Gasteiger partial charge < -0.3 is 5.32 Å². The summed E-state index contributed by atoms with van der Waals surface area (Å²) in [6, 6.07) is 8.75. The second-order valence-electron chi connectivity index (χ2n) is 5.16. The molecule has 1 aromatic carbocycles. The van der Waals surface area contributed by atoms with Gasteiger partial charge in [0, 0.05) is 12.3 Å². The number of hydrogen-bond donors (Lipinski definition) is 1. The molecule has 0 aliphatic carbocycles. The summed E-state index contributed by atoms with van der Waals surface area (Å²) in [6.07, 6.45) is 0. The Morgan fingerprint density at radius 2 is 1.65 bits per heavy atom. The van der Waals surface area contributed by atoms with Gasteiger partial charge in [0.1, 0.15) is 6.04 Å². The van der Waals surface area contributed by atoms with E-state index in [1.165, 1.54) is 6.92 Å². The van der Waals surface area contributed by atoms with E-state index in [1.807, 2.05) is 51.1 Å². The second kappa shape index (κ2) is 5.13. The molecule has 0 heterocycles. The summed E-state index contributed by atoms with van der Waals surface area (Å²) >= 11 is 0. The maximum Gasteiger partial charge on any atom is 0.217 e. The lowest BCUT2D eigenvalue weighted by Gasteiger charge is -2.25. The van der Waals surface area contributed by atoms with Crippen LogP contribution in [0.3, 0.4) is 0 Å². The molecule has 0 aromatic heterocycles. The zero-order valence-electron chi connectivity index (χ0n) is 10.8. The predicted octanol–water partition coefficient (Wildman–Crippen LogP) is 2.48. The quantitative estimate of drug-likeness (QED) is 0.871. The fourth-order valence-electron chi connectivity index (χ4n) is 1.58. The molecule has 3 heteroatoms. The number of ketones is 1. The summed E-state index contributed by atoms with van der Waals surface area (Å²) in [4.78, 5) is 23.5. The number of rotatable bonds is 3. The van der Waals surface area contributed by atoms with Crippen LogP contribution >= 0.6 is 0 Å². The van der Waals surface area contributed by atoms with E-state index in [4.69, 9.17) is 0 Å². The molecule has 0 saturated heterocycles. The highest BCUT2D eigenvalue weighted by Gasteiger charge is 2.31. The molecule has 0 aliphatic rings. The molecule has 0 bridgehead atoms. The van der Waals surface area contributed by atoms with Crippen LogP contribution in [0.25, 0.3) is 0 Å². The smallest absolute Gasteiger partial charge is 0.217 e. The summed E-state index contributed by atoms with van der Waals surface area (Å²) in [5, 5.41) is 2.71. The molecule has 1 N–H and O–H groups in total. The number of nitrogens with one attached hydrogen (secondary N) is 1. The fourth-order valence-corrected chi connectivity index (χ4v) is 1.58. The average molecular weight is 233 g/mol. The van der Waals surface area contributed by atoms with Crippen molar-refractivity contribution in [2.45, 2.75) is 33.7 Å². The van der Waals surface area contributed by atoms with Crippen LogP contribution in [0.2, 0.25) is 0 Å². The Kier molecular flexibility index (Phi) is 4.05. The third-order valence-corrected chi connectivity index (χ3v) is 2.48. The Morgan fingerprint density at radius 1 is 1.12 bits per heavy atom. The third-order valence-electron chi connectivity index (χ3n) is 2.48. The standard InChI is InChI=1S/C14H19NO2/c1-10(16)15-12(13(17)14(2,3)4)11-8-6-5-7-9-11/h5-9,12H,1-4H3,(H,15,16). The van der Waals surface area contributed by atoms with Crippen molar-refractivity contribution in [3.05, 3.63) is 35.9 Å². The van der Waals surface area contributed by atoms with Gasteiger partial charge in [0.05, 0.1) is 0 Å². The van der Waals surface area contributed by atoms with Gasteiger partial charge in [-0.05, 0) is 5.56 Å². The lowest BCUT2D eigenvalue weighted by molar-refractivity contribution is -0.132. The van der Waals surface area contributed by atoms with Crippen LogP contribution in [0.5, 0.6) is 0 Å². The summed E-state index contributed by atoms with van der Waals surface area (Å²) in [5.41, 5.74) is 0.339. The lowest BCUT2D eigenvalue weighted by Crippen LogP contribution is -2.38. The summed E-state index contributed by atoms with van der Waals surface area (Å²) < 4.78 is 0. The van der Waals surface area contributed by atoms with Gasteiger partial charge in [0.2, 0.25) is 5.91 Å². The van der Waals surface area contributed by atoms with E-state index >= 15 is 0 Å². The van der Waals surface area contributed by atoms with E-state index in [9.17, 15) is 9.59 Å². The monoisotopic (exact) mass is 233 g/mol. The number of carbonyl (C=O) groups excluding carboxylic acids is 2. The number of hydrogen-bond acceptors (Lipinski definition) is 2. The van der Waals surface area contributed by atoms with Crippen molar-refractivity contribution in [2.24, 2.45) is 5.41 Å². The molecule has 17 heavy (non-hydrogen) atoms. The maximum absolute atomic E-state index is 12.3. The van der Waals surface area contributed by atoms with Crippen LogP contribution in [0.15, 0.2) is 30.3 Å². The van der Waals surface area contributed by atoms with Crippen molar-refractivity contribution in [1.82, 2.24) is 5.32 Å². The molecule has 0 radical (unpaired) electrons. The van der Waals surface area contributed by atoms with Crippen molar-refractivity contribution in [1.29, 1.82) is 0 Å². The topological polar surface area (TPSA) is 46.2 Å². The van der Waals surface area contributed by atoms with Crippen molar-refractivity contribution < 1.29 is 9.59 Å². The van der Waals surface area contributed by atoms with Crippen molar-refractivity contribution in [2.75, 3.05) is 0 Å². The molecule has 1 amide bonds. The van der Waals surface area contributed by atoms with Crippen LogP contribution in [0.1, 0.15) is 39.3 Å². The predicted molar refractivity (Wildman–Crippen MR) is 67.5 cm³/mol. The van der Waals surface area contributed by atoms with Crippen LogP contribution < -0.4 is 5.32 Å². The Bertz CT molecular complexity index is 404. The van der Waals surface area contributed by atoms with E-state index in [0.29, 0.717) is 0 Å². The molecule has 1 rings (SSSR count). The van der Waals surface area contributed by atoms with Gasteiger partial charge in [-0.1, -0.05) is 51.1 Å². The molecule has 0 spiro atoms. The van der Waals surface area contributed by atoms with Gasteiger partial charge >= 0.3 is 0 Å². The number of carbonyl (C=O) groups is 2. The molecule has 0 saturated carbocycles. The van der Waals surface area contributed by atoms with E-state index in [2.05, 4.69) is 5.32 Å². The van der Waals surface area contributed by atoms with Gasteiger partial charge in [-0.25, -0.2) is 0 Å². The Morgan fingerprint density at radius 3 is 2.06 bits per heavy atom. The first-order chi connectivity index (χ1) is 7.82. The summed E-state index contributed by atoms with van der Waals surface area (Å²) in [5.74, 6) is -0.185. The molecule has 0 aliphatic heterocycles. The Hall–Kier alpha value is -1.64. The molecule has 0 fully saturated rings. The molecule has 3 nitrogen and oxygen atoms in total. The largest absolute Gasteiger partial charge is 0.342 e. The number of amides is 1. The Balaban J connectivity index is 3.05. The SMILES string of the molecule is CC(=O)NC(C(=O)C(C)(C)C)c1ccccc1. The molecule has 1 aromatic rings. The maximum atomic E-state index is 12.3. The highest BCUT2D eigenvalue weighted by Crippen LogP contribution is 2.25. The van der Waals surface area contributed by atoms with Crippen LogP contribution in [-0.4, -0.2) is 11.7 Å². The van der Waals surface area contributed by atoms with Gasteiger partial charge in [0.25, 0.3) is 0 Å². The minimum absolute atomic E-state index is 0.0129. The molecular formula is C14H19NO2. The Labute approximate surface area is 102 Å². The molecular weight excluding hydrogens is 214 g/mol.